The highest BCUT2D eigenvalue weighted by atomic mass is 19.4. The van der Waals surface area contributed by atoms with E-state index in [0.717, 1.165) is 0 Å². The average Bonchev–Trinajstić information content (AvgIpc) is 1.97. The van der Waals surface area contributed by atoms with Crippen LogP contribution in [-0.2, 0) is 4.74 Å². The van der Waals surface area contributed by atoms with Crippen LogP contribution in [0.15, 0.2) is 0 Å². The Morgan fingerprint density at radius 2 is 1.83 bits per heavy atom. The molecule has 74 valence electrons. The molecule has 0 spiro atoms. The molecule has 0 bridgehead atoms. The minimum Gasteiger partial charge on any atom is -0.367 e. The highest BCUT2D eigenvalue weighted by Crippen LogP contribution is 2.15. The van der Waals surface area contributed by atoms with E-state index in [9.17, 15) is 13.2 Å². The molecule has 0 aliphatic heterocycles. The number of hydrogen-bond acceptors (Lipinski definition) is 2. The second-order valence-corrected chi connectivity index (χ2v) is 2.71. The highest BCUT2D eigenvalue weighted by Gasteiger charge is 2.29. The van der Waals surface area contributed by atoms with Crippen LogP contribution in [0.3, 0.4) is 0 Å². The summed E-state index contributed by atoms with van der Waals surface area (Å²) in [6.07, 6.45) is -4.67. The zero-order valence-electron chi connectivity index (χ0n) is 7.40. The van der Waals surface area contributed by atoms with Crippen LogP contribution in [-0.4, -0.2) is 32.0 Å². The lowest BCUT2D eigenvalue weighted by atomic mass is 10.2. The number of nitrogens with one attached hydrogen (secondary N) is 1. The van der Waals surface area contributed by atoms with Crippen LogP contribution in [0, 0.1) is 0 Å². The van der Waals surface area contributed by atoms with Crippen molar-refractivity contribution in [3.05, 3.63) is 0 Å². The first-order valence-electron chi connectivity index (χ1n) is 3.72. The highest BCUT2D eigenvalue weighted by molar-refractivity contribution is 4.66. The average molecular weight is 185 g/mol. The molecule has 0 fully saturated rings. The summed E-state index contributed by atoms with van der Waals surface area (Å²) < 4.78 is 39.5. The summed E-state index contributed by atoms with van der Waals surface area (Å²) in [5, 5.41) is 2.81. The molecular formula is C7H14F3NO. The topological polar surface area (TPSA) is 21.3 Å². The Bertz CT molecular complexity index is 126. The largest absolute Gasteiger partial charge is 0.411 e. The van der Waals surface area contributed by atoms with Crippen LogP contribution in [0.1, 0.15) is 13.8 Å². The van der Waals surface area contributed by atoms with E-state index in [1.165, 1.54) is 0 Å². The number of alkyl halides is 3. The van der Waals surface area contributed by atoms with E-state index in [-0.39, 0.29) is 6.04 Å². The Hall–Kier alpha value is -0.290. The fourth-order valence-corrected chi connectivity index (χ4v) is 0.605. The minimum atomic E-state index is -4.23. The fourth-order valence-electron chi connectivity index (χ4n) is 0.605. The summed E-state index contributed by atoms with van der Waals surface area (Å²) >= 11 is 0. The lowest BCUT2D eigenvalue weighted by Gasteiger charge is -2.20. The molecule has 2 nitrogen and oxygen atoms in total. The minimum absolute atomic E-state index is 0.0765. The molecule has 12 heavy (non-hydrogen) atoms. The molecule has 0 rings (SSSR count). The first-order valence-corrected chi connectivity index (χ1v) is 3.72. The molecule has 0 saturated heterocycles. The molecule has 1 N–H and O–H groups in total. The van der Waals surface area contributed by atoms with Gasteiger partial charge in [0.25, 0.3) is 0 Å². The van der Waals surface area contributed by atoms with Gasteiger partial charge >= 0.3 is 6.18 Å². The van der Waals surface area contributed by atoms with Gasteiger partial charge < -0.3 is 10.1 Å². The maximum Gasteiger partial charge on any atom is 0.411 e. The summed E-state index contributed by atoms with van der Waals surface area (Å²) in [6.45, 7) is 2.19. The monoisotopic (exact) mass is 185 g/mol. The van der Waals surface area contributed by atoms with E-state index in [4.69, 9.17) is 0 Å². The molecular weight excluding hydrogens is 171 g/mol. The summed E-state index contributed by atoms with van der Waals surface area (Å²) in [5.74, 6) is 0. The molecule has 0 radical (unpaired) electrons. The summed E-state index contributed by atoms with van der Waals surface area (Å²) in [7, 11) is 1.68. The predicted octanol–water partition coefficient (Wildman–Crippen LogP) is 1.56. The number of hydrogen-bond donors (Lipinski definition) is 1. The van der Waals surface area contributed by atoms with Crippen molar-refractivity contribution < 1.29 is 17.9 Å². The molecule has 0 heterocycles. The van der Waals surface area contributed by atoms with Gasteiger partial charge in [0, 0.05) is 6.04 Å². The Morgan fingerprint density at radius 1 is 1.33 bits per heavy atom. The van der Waals surface area contributed by atoms with Gasteiger partial charge in [-0.05, 0) is 20.9 Å². The van der Waals surface area contributed by atoms with Gasteiger partial charge in [0.15, 0.2) is 0 Å². The smallest absolute Gasteiger partial charge is 0.367 e. The summed E-state index contributed by atoms with van der Waals surface area (Å²) in [5.41, 5.74) is 0. The Labute approximate surface area is 70.1 Å². The Morgan fingerprint density at radius 3 is 2.17 bits per heavy atom. The van der Waals surface area contributed by atoms with Gasteiger partial charge in [-0.25, -0.2) is 0 Å². The third-order valence-electron chi connectivity index (χ3n) is 1.67. The number of likely N-dealkylation sites (N-methyl/N-ethyl adjacent to an activating group) is 1. The van der Waals surface area contributed by atoms with Crippen LogP contribution in [0.25, 0.3) is 0 Å². The van der Waals surface area contributed by atoms with E-state index in [1.807, 2.05) is 0 Å². The van der Waals surface area contributed by atoms with Crippen molar-refractivity contribution in [2.45, 2.75) is 32.2 Å². The van der Waals surface area contributed by atoms with Crippen molar-refractivity contribution >= 4 is 0 Å². The van der Waals surface area contributed by atoms with Gasteiger partial charge in [0.2, 0.25) is 0 Å². The second-order valence-electron chi connectivity index (χ2n) is 2.71. The van der Waals surface area contributed by atoms with Crippen molar-refractivity contribution in [2.24, 2.45) is 0 Å². The predicted molar refractivity (Wildman–Crippen MR) is 40.0 cm³/mol. The number of rotatable bonds is 4. The maximum atomic E-state index is 11.6. The van der Waals surface area contributed by atoms with Crippen molar-refractivity contribution in [1.82, 2.24) is 5.32 Å². The van der Waals surface area contributed by atoms with Gasteiger partial charge in [0.05, 0.1) is 6.10 Å². The van der Waals surface area contributed by atoms with E-state index in [1.54, 1.807) is 20.9 Å². The second kappa shape index (κ2) is 4.67. The molecule has 5 heteroatoms. The Kier molecular flexibility index (Phi) is 4.55. The van der Waals surface area contributed by atoms with Crippen LogP contribution >= 0.6 is 0 Å². The van der Waals surface area contributed by atoms with Crippen LogP contribution in [0.5, 0.6) is 0 Å². The van der Waals surface area contributed by atoms with Crippen LogP contribution < -0.4 is 5.32 Å². The van der Waals surface area contributed by atoms with Gasteiger partial charge in [-0.15, -0.1) is 0 Å². The molecule has 2 unspecified atom stereocenters. The normalized spacial score (nSPS) is 17.5. The van der Waals surface area contributed by atoms with Crippen molar-refractivity contribution in [3.8, 4) is 0 Å². The molecule has 0 saturated carbocycles. The quantitative estimate of drug-likeness (QED) is 0.717. The summed E-state index contributed by atoms with van der Waals surface area (Å²) in [6, 6.07) is -0.0765. The zero-order valence-corrected chi connectivity index (χ0v) is 7.40. The van der Waals surface area contributed by atoms with Gasteiger partial charge in [-0.3, -0.25) is 0 Å². The summed E-state index contributed by atoms with van der Waals surface area (Å²) in [4.78, 5) is 0. The Balaban J connectivity index is 3.64. The SMILES string of the molecule is CNC(C)C(C)OCC(F)(F)F. The number of halogens is 3. The first-order chi connectivity index (χ1) is 5.37. The molecule has 0 aromatic heterocycles. The number of ether oxygens (including phenoxy) is 1. The fraction of sp³-hybridized carbons (Fsp3) is 1.00. The zero-order chi connectivity index (χ0) is 9.78. The third kappa shape index (κ3) is 5.37. The molecule has 0 aromatic carbocycles. The molecule has 0 amide bonds. The first kappa shape index (κ1) is 11.7. The van der Waals surface area contributed by atoms with E-state index < -0.39 is 18.9 Å². The molecule has 0 aliphatic carbocycles. The third-order valence-corrected chi connectivity index (χ3v) is 1.67. The van der Waals surface area contributed by atoms with E-state index >= 15 is 0 Å². The van der Waals surface area contributed by atoms with Gasteiger partial charge in [-0.1, -0.05) is 0 Å². The van der Waals surface area contributed by atoms with Gasteiger partial charge in [0.1, 0.15) is 6.61 Å². The van der Waals surface area contributed by atoms with Crippen LogP contribution in [0.2, 0.25) is 0 Å². The molecule has 0 aliphatic rings. The van der Waals surface area contributed by atoms with Gasteiger partial charge in [-0.2, -0.15) is 13.2 Å². The molecule has 0 aromatic rings. The maximum absolute atomic E-state index is 11.6. The lowest BCUT2D eigenvalue weighted by molar-refractivity contribution is -0.185. The van der Waals surface area contributed by atoms with Crippen LogP contribution in [0.4, 0.5) is 13.2 Å². The van der Waals surface area contributed by atoms with Crippen molar-refractivity contribution in [3.63, 3.8) is 0 Å². The van der Waals surface area contributed by atoms with Crippen molar-refractivity contribution in [1.29, 1.82) is 0 Å². The lowest BCUT2D eigenvalue weighted by Crippen LogP contribution is -2.36. The standard InChI is InChI=1S/C7H14F3NO/c1-5(11-3)6(2)12-4-7(8,9)10/h5-6,11H,4H2,1-3H3. The van der Waals surface area contributed by atoms with E-state index in [0.29, 0.717) is 0 Å². The van der Waals surface area contributed by atoms with Crippen molar-refractivity contribution in [2.75, 3.05) is 13.7 Å². The molecule has 2 atom stereocenters. The van der Waals surface area contributed by atoms with E-state index in [2.05, 4.69) is 10.1 Å².